The van der Waals surface area contributed by atoms with Crippen LogP contribution in [0.5, 0.6) is 11.5 Å². The van der Waals surface area contributed by atoms with E-state index in [0.29, 0.717) is 34.5 Å². The number of nitrogens with zero attached hydrogens (tertiary/aromatic N) is 2. The van der Waals surface area contributed by atoms with Crippen molar-refractivity contribution >= 4 is 40.6 Å². The topological polar surface area (TPSA) is 88.4 Å². The first-order valence-electron chi connectivity index (χ1n) is 10.9. The van der Waals surface area contributed by atoms with Gasteiger partial charge >= 0.3 is 5.97 Å². The number of amidine groups is 1. The van der Waals surface area contributed by atoms with Gasteiger partial charge in [-0.15, -0.1) is 0 Å². The van der Waals surface area contributed by atoms with Crippen LogP contribution < -0.4 is 9.47 Å². The Morgan fingerprint density at radius 2 is 1.74 bits per heavy atom. The molecule has 0 radical (unpaired) electrons. The third kappa shape index (κ3) is 6.30. The minimum atomic E-state index is -1.08. The molecule has 0 aliphatic carbocycles. The lowest BCUT2D eigenvalue weighted by molar-refractivity contribution is -0.139. The molecule has 1 N–H and O–H groups in total. The average molecular weight is 489 g/mol. The Morgan fingerprint density at radius 1 is 1.03 bits per heavy atom. The SMILES string of the molecule is COc1cc(/C=C2/SC(=Nc3ccccc3)N(CCc3ccccc3)C2=O)ccc1OCC(=O)O. The highest BCUT2D eigenvalue weighted by Crippen LogP contribution is 2.36. The van der Waals surface area contributed by atoms with Crippen LogP contribution in [0.25, 0.3) is 6.08 Å². The number of thioether (sulfide) groups is 1. The lowest BCUT2D eigenvalue weighted by Gasteiger charge is -2.15. The number of rotatable bonds is 9. The van der Waals surface area contributed by atoms with E-state index in [1.807, 2.05) is 60.7 Å². The third-order valence-electron chi connectivity index (χ3n) is 5.17. The summed E-state index contributed by atoms with van der Waals surface area (Å²) in [6.45, 7) is 0.0327. The molecule has 7 nitrogen and oxygen atoms in total. The predicted octanol–water partition coefficient (Wildman–Crippen LogP) is 5.01. The van der Waals surface area contributed by atoms with Crippen molar-refractivity contribution in [3.05, 3.63) is 94.9 Å². The van der Waals surface area contributed by atoms with Gasteiger partial charge in [-0.25, -0.2) is 9.79 Å². The van der Waals surface area contributed by atoms with Crippen LogP contribution >= 0.6 is 11.8 Å². The van der Waals surface area contributed by atoms with E-state index in [9.17, 15) is 9.59 Å². The number of methoxy groups -OCH3 is 1. The van der Waals surface area contributed by atoms with E-state index in [4.69, 9.17) is 19.6 Å². The van der Waals surface area contributed by atoms with Crippen LogP contribution in [0.3, 0.4) is 0 Å². The Morgan fingerprint density at radius 3 is 2.43 bits per heavy atom. The van der Waals surface area contributed by atoms with Crippen molar-refractivity contribution in [2.24, 2.45) is 4.99 Å². The van der Waals surface area contributed by atoms with Crippen LogP contribution in [-0.2, 0) is 16.0 Å². The summed E-state index contributed by atoms with van der Waals surface area (Å²) in [7, 11) is 1.48. The number of aliphatic imine (C=N–C) groups is 1. The maximum Gasteiger partial charge on any atom is 0.341 e. The summed E-state index contributed by atoms with van der Waals surface area (Å²) < 4.78 is 10.6. The van der Waals surface area contributed by atoms with Crippen molar-refractivity contribution in [1.82, 2.24) is 4.90 Å². The Bertz CT molecular complexity index is 1260. The maximum absolute atomic E-state index is 13.4. The van der Waals surface area contributed by atoms with E-state index in [1.165, 1.54) is 18.9 Å². The Kier molecular flexibility index (Phi) is 7.84. The maximum atomic E-state index is 13.4. The molecule has 1 saturated heterocycles. The monoisotopic (exact) mass is 488 g/mol. The molecule has 3 aromatic carbocycles. The second kappa shape index (κ2) is 11.4. The summed E-state index contributed by atoms with van der Waals surface area (Å²) in [6, 6.07) is 24.6. The first-order chi connectivity index (χ1) is 17.0. The molecule has 0 saturated carbocycles. The number of amides is 1. The molecule has 4 rings (SSSR count). The zero-order valence-corrected chi connectivity index (χ0v) is 19.9. The van der Waals surface area contributed by atoms with E-state index in [-0.39, 0.29) is 5.91 Å². The van der Waals surface area contributed by atoms with Gasteiger partial charge in [-0.05, 0) is 59.7 Å². The second-order valence-corrected chi connectivity index (χ2v) is 8.63. The van der Waals surface area contributed by atoms with Crippen LogP contribution in [0.2, 0.25) is 0 Å². The van der Waals surface area contributed by atoms with Gasteiger partial charge in [0.25, 0.3) is 5.91 Å². The number of aliphatic carboxylic acids is 1. The molecule has 0 atom stereocenters. The van der Waals surface area contributed by atoms with Gasteiger partial charge in [0.1, 0.15) is 0 Å². The molecular formula is C27H24N2O5S. The molecule has 1 heterocycles. The number of hydrogen-bond acceptors (Lipinski definition) is 6. The van der Waals surface area contributed by atoms with E-state index in [0.717, 1.165) is 16.8 Å². The quantitative estimate of drug-likeness (QED) is 0.426. The lowest BCUT2D eigenvalue weighted by atomic mass is 10.1. The summed E-state index contributed by atoms with van der Waals surface area (Å²) in [5, 5.41) is 9.47. The summed E-state index contributed by atoms with van der Waals surface area (Å²) in [6.07, 6.45) is 2.48. The number of para-hydroxylation sites is 1. The summed E-state index contributed by atoms with van der Waals surface area (Å²) in [5.41, 5.74) is 2.64. The molecule has 0 aromatic heterocycles. The normalized spacial score (nSPS) is 15.6. The molecule has 1 aliphatic heterocycles. The molecule has 1 amide bonds. The van der Waals surface area contributed by atoms with Gasteiger partial charge in [0, 0.05) is 6.54 Å². The van der Waals surface area contributed by atoms with Crippen LogP contribution in [0, 0.1) is 0 Å². The molecular weight excluding hydrogens is 464 g/mol. The van der Waals surface area contributed by atoms with Crippen molar-refractivity contribution in [3.63, 3.8) is 0 Å². The van der Waals surface area contributed by atoms with Crippen molar-refractivity contribution in [2.75, 3.05) is 20.3 Å². The zero-order chi connectivity index (χ0) is 24.6. The summed E-state index contributed by atoms with van der Waals surface area (Å²) >= 11 is 1.32. The second-order valence-electron chi connectivity index (χ2n) is 7.63. The fourth-order valence-corrected chi connectivity index (χ4v) is 4.50. The fourth-order valence-electron chi connectivity index (χ4n) is 3.47. The number of carbonyl (C=O) groups is 2. The molecule has 178 valence electrons. The lowest BCUT2D eigenvalue weighted by Crippen LogP contribution is -2.31. The van der Waals surface area contributed by atoms with Crippen molar-refractivity contribution in [3.8, 4) is 11.5 Å². The Labute approximate surface area is 207 Å². The number of benzene rings is 3. The highest BCUT2D eigenvalue weighted by molar-refractivity contribution is 8.18. The van der Waals surface area contributed by atoms with E-state index < -0.39 is 12.6 Å². The minimum absolute atomic E-state index is 0.120. The van der Waals surface area contributed by atoms with Crippen molar-refractivity contribution in [2.45, 2.75) is 6.42 Å². The molecule has 35 heavy (non-hydrogen) atoms. The standard InChI is InChI=1S/C27H24N2O5S/c1-33-23-16-20(12-13-22(23)34-18-25(30)31)17-24-26(32)29(15-14-19-8-4-2-5-9-19)27(35-24)28-21-10-6-3-7-11-21/h2-13,16-17H,14-15,18H2,1H3,(H,30,31)/b24-17+,28-27?. The van der Waals surface area contributed by atoms with Crippen LogP contribution in [0.4, 0.5) is 5.69 Å². The fraction of sp³-hybridized carbons (Fsp3) is 0.148. The Hall–Kier alpha value is -4.04. The number of ether oxygens (including phenoxy) is 2. The first-order valence-corrected chi connectivity index (χ1v) is 11.8. The van der Waals surface area contributed by atoms with Gasteiger partial charge in [0.05, 0.1) is 17.7 Å². The molecule has 8 heteroatoms. The number of carboxylic acids is 1. The third-order valence-corrected chi connectivity index (χ3v) is 6.18. The van der Waals surface area contributed by atoms with Gasteiger partial charge in [-0.1, -0.05) is 54.6 Å². The molecule has 3 aromatic rings. The van der Waals surface area contributed by atoms with E-state index in [2.05, 4.69) is 0 Å². The first kappa shape index (κ1) is 24.1. The number of carboxylic acid groups (broad SMARTS) is 1. The van der Waals surface area contributed by atoms with Crippen LogP contribution in [0.1, 0.15) is 11.1 Å². The molecule has 0 bridgehead atoms. The van der Waals surface area contributed by atoms with Gasteiger partial charge in [0.2, 0.25) is 0 Å². The molecule has 1 aliphatic rings. The number of hydrogen-bond donors (Lipinski definition) is 1. The van der Waals surface area contributed by atoms with Crippen molar-refractivity contribution in [1.29, 1.82) is 0 Å². The van der Waals surface area contributed by atoms with Crippen LogP contribution in [0.15, 0.2) is 88.8 Å². The van der Waals surface area contributed by atoms with Crippen molar-refractivity contribution < 1.29 is 24.2 Å². The largest absolute Gasteiger partial charge is 0.493 e. The van der Waals surface area contributed by atoms with Gasteiger partial charge < -0.3 is 14.6 Å². The summed E-state index contributed by atoms with van der Waals surface area (Å²) in [4.78, 5) is 31.1. The molecule has 1 fully saturated rings. The molecule has 0 unspecified atom stereocenters. The smallest absolute Gasteiger partial charge is 0.341 e. The van der Waals surface area contributed by atoms with E-state index >= 15 is 0 Å². The molecule has 0 spiro atoms. The van der Waals surface area contributed by atoms with Gasteiger partial charge in [-0.3, -0.25) is 9.69 Å². The van der Waals surface area contributed by atoms with Crippen LogP contribution in [-0.4, -0.2) is 47.3 Å². The number of carbonyl (C=O) groups excluding carboxylic acids is 1. The predicted molar refractivity (Wildman–Crippen MR) is 137 cm³/mol. The highest BCUT2D eigenvalue weighted by atomic mass is 32.2. The Balaban J connectivity index is 1.60. The summed E-state index contributed by atoms with van der Waals surface area (Å²) in [5.74, 6) is -0.494. The zero-order valence-electron chi connectivity index (χ0n) is 19.1. The van der Waals surface area contributed by atoms with Gasteiger partial charge in [0.15, 0.2) is 23.3 Å². The minimum Gasteiger partial charge on any atom is -0.493 e. The highest BCUT2D eigenvalue weighted by Gasteiger charge is 2.33. The van der Waals surface area contributed by atoms with Gasteiger partial charge in [-0.2, -0.15) is 0 Å². The average Bonchev–Trinajstić information content (AvgIpc) is 3.16. The van der Waals surface area contributed by atoms with E-state index in [1.54, 1.807) is 29.2 Å².